The highest BCUT2D eigenvalue weighted by molar-refractivity contribution is 6.21. The molecule has 0 saturated carbocycles. The second-order valence-electron chi connectivity index (χ2n) is 2.97. The van der Waals surface area contributed by atoms with E-state index in [1.54, 1.807) is 0 Å². The number of ether oxygens (including phenoxy) is 1. The molecule has 0 bridgehead atoms. The van der Waals surface area contributed by atoms with Gasteiger partial charge >= 0.3 is 5.97 Å². The van der Waals surface area contributed by atoms with Crippen LogP contribution in [-0.2, 0) is 9.53 Å². The molecule has 16 heavy (non-hydrogen) atoms. The van der Waals surface area contributed by atoms with E-state index in [-0.39, 0.29) is 12.0 Å². The number of hydrogen-bond donors (Lipinski definition) is 0. The number of carbonyl (C=O) groups excluding carboxylic acids is 1. The van der Waals surface area contributed by atoms with E-state index in [9.17, 15) is 4.79 Å². The lowest BCUT2D eigenvalue weighted by atomic mass is 10.2. The van der Waals surface area contributed by atoms with Gasteiger partial charge in [-0.3, -0.25) is 0 Å². The van der Waals surface area contributed by atoms with Gasteiger partial charge in [0, 0.05) is 11.5 Å². The number of alkyl halides is 1. The number of rotatable bonds is 3. The predicted octanol–water partition coefficient (Wildman–Crippen LogP) is 2.37. The zero-order valence-corrected chi connectivity index (χ0v) is 9.41. The molecule has 0 spiro atoms. The molecule has 82 valence electrons. The molecule has 1 unspecified atom stereocenters. The molecule has 0 aliphatic carbocycles. The van der Waals surface area contributed by atoms with Gasteiger partial charge in [0.15, 0.2) is 0 Å². The van der Waals surface area contributed by atoms with E-state index in [4.69, 9.17) is 16.3 Å². The third-order valence-corrected chi connectivity index (χ3v) is 2.02. The largest absolute Gasteiger partial charge is 0.454 e. The van der Waals surface area contributed by atoms with Crippen LogP contribution in [0.4, 0.5) is 0 Å². The van der Waals surface area contributed by atoms with Crippen molar-refractivity contribution in [2.75, 3.05) is 6.61 Å². The van der Waals surface area contributed by atoms with Gasteiger partial charge in [-0.15, -0.1) is 18.2 Å². The van der Waals surface area contributed by atoms with Crippen molar-refractivity contribution < 1.29 is 9.53 Å². The van der Waals surface area contributed by atoms with Crippen LogP contribution < -0.4 is 0 Å². The first-order valence-corrected chi connectivity index (χ1v) is 5.16. The zero-order valence-electron chi connectivity index (χ0n) is 8.65. The van der Waals surface area contributed by atoms with E-state index in [0.717, 1.165) is 5.56 Å². The summed E-state index contributed by atoms with van der Waals surface area (Å²) in [7, 11) is 0. The quantitative estimate of drug-likeness (QED) is 0.347. The maximum atomic E-state index is 11.1. The highest BCUT2D eigenvalue weighted by Crippen LogP contribution is 1.98. The summed E-state index contributed by atoms with van der Waals surface area (Å²) in [5.41, 5.74) is 0.769. The second-order valence-corrected chi connectivity index (χ2v) is 3.53. The van der Waals surface area contributed by atoms with Crippen LogP contribution in [0.3, 0.4) is 0 Å². The second kappa shape index (κ2) is 6.71. The van der Waals surface area contributed by atoms with Crippen molar-refractivity contribution >= 4 is 17.6 Å². The average molecular weight is 235 g/mol. The lowest BCUT2D eigenvalue weighted by molar-refractivity contribution is -0.136. The van der Waals surface area contributed by atoms with E-state index in [2.05, 4.69) is 18.4 Å². The Morgan fingerprint density at radius 1 is 1.50 bits per heavy atom. The molecule has 1 aromatic rings. The smallest absolute Gasteiger partial charge is 0.384 e. The third kappa shape index (κ3) is 4.68. The summed E-state index contributed by atoms with van der Waals surface area (Å²) in [6.45, 7) is 3.56. The molecule has 0 radical (unpaired) electrons. The van der Waals surface area contributed by atoms with Crippen LogP contribution in [0.5, 0.6) is 0 Å². The fourth-order valence-corrected chi connectivity index (χ4v) is 0.967. The Balaban J connectivity index is 2.46. The predicted molar refractivity (Wildman–Crippen MR) is 64.1 cm³/mol. The summed E-state index contributed by atoms with van der Waals surface area (Å²) in [6.07, 6.45) is 1.50. The molecule has 0 N–H and O–H groups in total. The summed E-state index contributed by atoms with van der Waals surface area (Å²) in [5.74, 6) is 4.48. The summed E-state index contributed by atoms with van der Waals surface area (Å²) in [4.78, 5) is 11.1. The summed E-state index contributed by atoms with van der Waals surface area (Å²) >= 11 is 5.68. The molecule has 0 heterocycles. The first-order chi connectivity index (χ1) is 7.72. The third-order valence-electron chi connectivity index (χ3n) is 1.71. The average Bonchev–Trinajstić information content (AvgIpc) is 2.34. The molecule has 0 fully saturated rings. The molecule has 1 aromatic carbocycles. The van der Waals surface area contributed by atoms with Crippen molar-refractivity contribution in [1.29, 1.82) is 0 Å². The maximum Gasteiger partial charge on any atom is 0.384 e. The fraction of sp³-hybridized carbons (Fsp3) is 0.154. The summed E-state index contributed by atoms with van der Waals surface area (Å²) in [6, 6.07) is 9.21. The van der Waals surface area contributed by atoms with Crippen molar-refractivity contribution in [2.24, 2.45) is 0 Å². The van der Waals surface area contributed by atoms with Crippen LogP contribution in [-0.4, -0.2) is 18.0 Å². The monoisotopic (exact) mass is 234 g/mol. The van der Waals surface area contributed by atoms with Crippen molar-refractivity contribution in [3.05, 3.63) is 48.6 Å². The van der Waals surface area contributed by atoms with E-state index in [1.807, 2.05) is 30.3 Å². The molecule has 0 amide bonds. The molecule has 1 atom stereocenters. The number of halogens is 1. The molecule has 0 saturated heterocycles. The Kier molecular flexibility index (Phi) is 5.18. The lowest BCUT2D eigenvalue weighted by Gasteiger charge is -2.01. The van der Waals surface area contributed by atoms with E-state index in [0.29, 0.717) is 0 Å². The van der Waals surface area contributed by atoms with Crippen molar-refractivity contribution in [1.82, 2.24) is 0 Å². The van der Waals surface area contributed by atoms with Gasteiger partial charge in [-0.2, -0.15) is 0 Å². The highest BCUT2D eigenvalue weighted by atomic mass is 35.5. The van der Waals surface area contributed by atoms with Crippen molar-refractivity contribution in [2.45, 2.75) is 5.38 Å². The van der Waals surface area contributed by atoms with Gasteiger partial charge in [-0.25, -0.2) is 4.79 Å². The summed E-state index contributed by atoms with van der Waals surface area (Å²) < 4.78 is 4.80. The van der Waals surface area contributed by atoms with Crippen molar-refractivity contribution in [3.8, 4) is 11.8 Å². The first-order valence-electron chi connectivity index (χ1n) is 4.73. The Bertz CT molecular complexity index is 415. The molecule has 1 rings (SSSR count). The van der Waals surface area contributed by atoms with Gasteiger partial charge in [0.25, 0.3) is 0 Å². The Morgan fingerprint density at radius 2 is 2.19 bits per heavy atom. The number of esters is 1. The van der Waals surface area contributed by atoms with Crippen LogP contribution in [0.1, 0.15) is 5.56 Å². The van der Waals surface area contributed by atoms with Gasteiger partial charge in [-0.1, -0.05) is 30.2 Å². The van der Waals surface area contributed by atoms with Gasteiger partial charge in [0.2, 0.25) is 0 Å². The first kappa shape index (κ1) is 12.4. The van der Waals surface area contributed by atoms with Crippen LogP contribution in [0.25, 0.3) is 0 Å². The Hall–Kier alpha value is -1.72. The van der Waals surface area contributed by atoms with Crippen LogP contribution in [0.15, 0.2) is 43.0 Å². The topological polar surface area (TPSA) is 26.3 Å². The van der Waals surface area contributed by atoms with Gasteiger partial charge in [0.05, 0.1) is 5.38 Å². The molecular weight excluding hydrogens is 224 g/mol. The van der Waals surface area contributed by atoms with Crippen LogP contribution >= 0.6 is 11.6 Å². The van der Waals surface area contributed by atoms with E-state index < -0.39 is 5.97 Å². The lowest BCUT2D eigenvalue weighted by Crippen LogP contribution is -2.10. The van der Waals surface area contributed by atoms with Crippen molar-refractivity contribution in [3.63, 3.8) is 0 Å². The number of benzene rings is 1. The molecule has 0 aliphatic rings. The number of carbonyl (C=O) groups is 1. The molecular formula is C13H11ClO2. The Morgan fingerprint density at radius 3 is 2.81 bits per heavy atom. The molecule has 2 nitrogen and oxygen atoms in total. The van der Waals surface area contributed by atoms with E-state index >= 15 is 0 Å². The molecule has 3 heteroatoms. The number of hydrogen-bond acceptors (Lipinski definition) is 2. The van der Waals surface area contributed by atoms with Gasteiger partial charge in [-0.05, 0) is 12.1 Å². The molecule has 0 aliphatic heterocycles. The highest BCUT2D eigenvalue weighted by Gasteiger charge is 2.02. The van der Waals surface area contributed by atoms with Gasteiger partial charge < -0.3 is 4.74 Å². The minimum Gasteiger partial charge on any atom is -0.454 e. The molecule has 0 aromatic heterocycles. The fourth-order valence-electron chi connectivity index (χ4n) is 0.904. The maximum absolute atomic E-state index is 11.1. The van der Waals surface area contributed by atoms with Crippen LogP contribution in [0, 0.1) is 11.8 Å². The normalized spacial score (nSPS) is 10.8. The zero-order chi connectivity index (χ0) is 11.8. The minimum absolute atomic E-state index is 0.0906. The van der Waals surface area contributed by atoms with E-state index in [1.165, 1.54) is 6.08 Å². The SMILES string of the molecule is C=CC(Cl)COC(=O)C#Cc1ccccc1. The van der Waals surface area contributed by atoms with Crippen LogP contribution in [0.2, 0.25) is 0 Å². The minimum atomic E-state index is -0.587. The Labute approximate surface area is 99.9 Å². The van der Waals surface area contributed by atoms with Gasteiger partial charge in [0.1, 0.15) is 6.61 Å². The standard InChI is InChI=1S/C13H11ClO2/c1-2-12(14)10-16-13(15)9-8-11-6-4-3-5-7-11/h2-7,12H,1,10H2. The summed E-state index contributed by atoms with van der Waals surface area (Å²) in [5, 5.41) is -0.373.